The summed E-state index contributed by atoms with van der Waals surface area (Å²) in [6.45, 7) is 2.10. The van der Waals surface area contributed by atoms with E-state index < -0.39 is 0 Å². The van der Waals surface area contributed by atoms with E-state index in [9.17, 15) is 0 Å². The Bertz CT molecular complexity index is 858. The first kappa shape index (κ1) is 18.0. The van der Waals surface area contributed by atoms with E-state index in [0.717, 1.165) is 23.1 Å². The summed E-state index contributed by atoms with van der Waals surface area (Å²) < 4.78 is 1.92. The zero-order valence-corrected chi connectivity index (χ0v) is 15.4. The van der Waals surface area contributed by atoms with Crippen LogP contribution < -0.4 is 10.6 Å². The molecule has 0 aliphatic rings. The van der Waals surface area contributed by atoms with E-state index in [1.165, 1.54) is 11.1 Å². The van der Waals surface area contributed by atoms with Crippen LogP contribution in [0.1, 0.15) is 16.7 Å². The van der Waals surface area contributed by atoms with E-state index in [1.807, 2.05) is 47.3 Å². The van der Waals surface area contributed by atoms with E-state index in [1.54, 1.807) is 13.2 Å². The molecule has 0 saturated carbocycles. The van der Waals surface area contributed by atoms with Gasteiger partial charge in [-0.1, -0.05) is 48.0 Å². The molecule has 1 aromatic heterocycles. The van der Waals surface area contributed by atoms with Crippen LogP contribution >= 0.6 is 11.6 Å². The fraction of sp³-hybridized carbons (Fsp3) is 0.200. The predicted octanol–water partition coefficient (Wildman–Crippen LogP) is 3.45. The first-order valence-corrected chi connectivity index (χ1v) is 8.85. The van der Waals surface area contributed by atoms with Crippen LogP contribution in [0.15, 0.2) is 72.0 Å². The Morgan fingerprint density at radius 3 is 2.58 bits per heavy atom. The largest absolute Gasteiger partial charge is 0.352 e. The summed E-state index contributed by atoms with van der Waals surface area (Å²) in [5, 5.41) is 11.7. The minimum absolute atomic E-state index is 0.662. The molecule has 134 valence electrons. The van der Waals surface area contributed by atoms with E-state index in [0.29, 0.717) is 13.1 Å². The van der Waals surface area contributed by atoms with Crippen LogP contribution in [0, 0.1) is 0 Å². The Balaban J connectivity index is 1.58. The fourth-order valence-electron chi connectivity index (χ4n) is 2.68. The van der Waals surface area contributed by atoms with Crippen molar-refractivity contribution in [2.75, 3.05) is 7.05 Å². The first-order valence-electron chi connectivity index (χ1n) is 8.48. The van der Waals surface area contributed by atoms with Gasteiger partial charge in [-0.05, 0) is 34.9 Å². The average molecular weight is 368 g/mol. The minimum Gasteiger partial charge on any atom is -0.352 e. The van der Waals surface area contributed by atoms with Gasteiger partial charge in [0, 0.05) is 37.6 Å². The van der Waals surface area contributed by atoms with Gasteiger partial charge in [0.05, 0.1) is 6.54 Å². The molecule has 2 aromatic carbocycles. The molecule has 5 nitrogen and oxygen atoms in total. The smallest absolute Gasteiger partial charge is 0.191 e. The zero-order valence-electron chi connectivity index (χ0n) is 14.7. The third kappa shape index (κ3) is 5.10. The van der Waals surface area contributed by atoms with Gasteiger partial charge < -0.3 is 10.6 Å². The average Bonchev–Trinajstić information content (AvgIpc) is 3.16. The number of aliphatic imine (C=N–C) groups is 1. The van der Waals surface area contributed by atoms with Crippen LogP contribution in [-0.2, 0) is 19.6 Å². The molecule has 26 heavy (non-hydrogen) atoms. The van der Waals surface area contributed by atoms with Crippen LogP contribution in [0.3, 0.4) is 0 Å². The lowest BCUT2D eigenvalue weighted by Crippen LogP contribution is -2.36. The van der Waals surface area contributed by atoms with Crippen LogP contribution in [0.4, 0.5) is 0 Å². The van der Waals surface area contributed by atoms with Crippen molar-refractivity contribution in [3.63, 3.8) is 0 Å². The molecule has 0 unspecified atom stereocenters. The van der Waals surface area contributed by atoms with Crippen molar-refractivity contribution in [1.29, 1.82) is 0 Å². The van der Waals surface area contributed by atoms with E-state index in [4.69, 9.17) is 11.6 Å². The van der Waals surface area contributed by atoms with Crippen LogP contribution in [0.5, 0.6) is 0 Å². The Morgan fingerprint density at radius 2 is 1.85 bits per heavy atom. The van der Waals surface area contributed by atoms with Gasteiger partial charge in [0.1, 0.15) is 0 Å². The molecule has 3 aromatic rings. The van der Waals surface area contributed by atoms with Gasteiger partial charge in [-0.15, -0.1) is 0 Å². The molecule has 0 fully saturated rings. The van der Waals surface area contributed by atoms with Crippen molar-refractivity contribution in [3.8, 4) is 0 Å². The number of hydrogen-bond acceptors (Lipinski definition) is 2. The maximum absolute atomic E-state index is 6.03. The zero-order chi connectivity index (χ0) is 18.2. The molecule has 2 N–H and O–H groups in total. The highest BCUT2D eigenvalue weighted by Crippen LogP contribution is 2.11. The lowest BCUT2D eigenvalue weighted by molar-refractivity contribution is 0.677. The molecule has 3 rings (SSSR count). The summed E-state index contributed by atoms with van der Waals surface area (Å²) in [5.74, 6) is 0.749. The normalized spacial score (nSPS) is 11.4. The van der Waals surface area contributed by atoms with Gasteiger partial charge in [0.15, 0.2) is 5.96 Å². The van der Waals surface area contributed by atoms with Gasteiger partial charge in [0.25, 0.3) is 0 Å². The van der Waals surface area contributed by atoms with E-state index in [-0.39, 0.29) is 0 Å². The molecule has 0 aliphatic carbocycles. The van der Waals surface area contributed by atoms with Crippen molar-refractivity contribution >= 4 is 17.6 Å². The molecule has 1 heterocycles. The number of benzene rings is 2. The SMILES string of the molecule is CN=C(NCc1cccc(Cl)c1)NCc1ccccc1Cn1cccn1. The minimum atomic E-state index is 0.662. The van der Waals surface area contributed by atoms with Gasteiger partial charge in [-0.2, -0.15) is 5.10 Å². The van der Waals surface area contributed by atoms with E-state index >= 15 is 0 Å². The Labute approximate surface area is 158 Å². The fourth-order valence-corrected chi connectivity index (χ4v) is 2.90. The van der Waals surface area contributed by atoms with Gasteiger partial charge >= 0.3 is 0 Å². The number of nitrogens with zero attached hydrogens (tertiary/aromatic N) is 3. The topological polar surface area (TPSA) is 54.2 Å². The maximum Gasteiger partial charge on any atom is 0.191 e. The van der Waals surface area contributed by atoms with Gasteiger partial charge in [-0.25, -0.2) is 0 Å². The standard InChI is InChI=1S/C20H22ClN5/c1-22-20(23-13-16-6-4-9-19(21)12-16)24-14-17-7-2-3-8-18(17)15-26-11-5-10-25-26/h2-12H,13-15H2,1H3,(H2,22,23,24). The lowest BCUT2D eigenvalue weighted by atomic mass is 10.1. The molecule has 0 atom stereocenters. The number of nitrogens with one attached hydrogen (secondary N) is 2. The molecule has 0 aliphatic heterocycles. The summed E-state index contributed by atoms with van der Waals surface area (Å²) in [6.07, 6.45) is 3.76. The Kier molecular flexibility index (Phi) is 6.28. The second-order valence-electron chi connectivity index (χ2n) is 5.88. The summed E-state index contributed by atoms with van der Waals surface area (Å²) in [7, 11) is 1.77. The lowest BCUT2D eigenvalue weighted by Gasteiger charge is -2.14. The summed E-state index contributed by atoms with van der Waals surface area (Å²) in [6, 6.07) is 18.1. The molecule has 0 saturated heterocycles. The second-order valence-corrected chi connectivity index (χ2v) is 6.32. The Morgan fingerprint density at radius 1 is 1.04 bits per heavy atom. The Hall–Kier alpha value is -2.79. The van der Waals surface area contributed by atoms with Crippen LogP contribution in [0.2, 0.25) is 5.02 Å². The van der Waals surface area contributed by atoms with Crippen molar-refractivity contribution in [2.24, 2.45) is 4.99 Å². The van der Waals surface area contributed by atoms with Crippen LogP contribution in [-0.4, -0.2) is 22.8 Å². The quantitative estimate of drug-likeness (QED) is 0.518. The van der Waals surface area contributed by atoms with Crippen molar-refractivity contribution < 1.29 is 0 Å². The van der Waals surface area contributed by atoms with Gasteiger partial charge in [-0.3, -0.25) is 9.67 Å². The molecular formula is C20H22ClN5. The summed E-state index contributed by atoms with van der Waals surface area (Å²) in [5.41, 5.74) is 3.56. The molecule has 0 radical (unpaired) electrons. The van der Waals surface area contributed by atoms with Crippen molar-refractivity contribution in [1.82, 2.24) is 20.4 Å². The molecule has 6 heteroatoms. The van der Waals surface area contributed by atoms with Crippen LogP contribution in [0.25, 0.3) is 0 Å². The first-order chi connectivity index (χ1) is 12.7. The highest BCUT2D eigenvalue weighted by Gasteiger charge is 2.05. The highest BCUT2D eigenvalue weighted by atomic mass is 35.5. The third-order valence-electron chi connectivity index (χ3n) is 4.03. The number of aromatic nitrogens is 2. The number of rotatable bonds is 6. The number of guanidine groups is 1. The summed E-state index contributed by atoms with van der Waals surface area (Å²) in [4.78, 5) is 4.29. The number of hydrogen-bond donors (Lipinski definition) is 2. The second kappa shape index (κ2) is 9.06. The number of halogens is 1. The van der Waals surface area contributed by atoms with Crippen molar-refractivity contribution in [3.05, 3.63) is 88.7 Å². The predicted molar refractivity (Wildman–Crippen MR) is 106 cm³/mol. The molecule has 0 bridgehead atoms. The monoisotopic (exact) mass is 367 g/mol. The summed E-state index contributed by atoms with van der Waals surface area (Å²) >= 11 is 6.03. The molecule has 0 amide bonds. The van der Waals surface area contributed by atoms with Gasteiger partial charge in [0.2, 0.25) is 0 Å². The van der Waals surface area contributed by atoms with E-state index in [2.05, 4.69) is 38.9 Å². The molecule has 0 spiro atoms. The highest BCUT2D eigenvalue weighted by molar-refractivity contribution is 6.30. The maximum atomic E-state index is 6.03. The van der Waals surface area contributed by atoms with Crippen molar-refractivity contribution in [2.45, 2.75) is 19.6 Å². The third-order valence-corrected chi connectivity index (χ3v) is 4.26. The molecular weight excluding hydrogens is 346 g/mol.